The van der Waals surface area contributed by atoms with E-state index in [4.69, 9.17) is 13.9 Å². The number of carbonyl (C=O) groups is 1. The number of benzene rings is 3. The molecule has 1 atom stereocenters. The summed E-state index contributed by atoms with van der Waals surface area (Å²) in [6.07, 6.45) is 0. The van der Waals surface area contributed by atoms with E-state index in [-0.39, 0.29) is 23.0 Å². The van der Waals surface area contributed by atoms with Gasteiger partial charge < -0.3 is 19.2 Å². The fourth-order valence-electron chi connectivity index (χ4n) is 4.04. The van der Waals surface area contributed by atoms with E-state index >= 15 is 0 Å². The summed E-state index contributed by atoms with van der Waals surface area (Å²) in [5.41, 5.74) is 2.62. The molecule has 0 saturated carbocycles. The lowest BCUT2D eigenvalue weighted by Gasteiger charge is -2.21. The van der Waals surface area contributed by atoms with Gasteiger partial charge in [-0.3, -0.25) is 9.59 Å². The van der Waals surface area contributed by atoms with Crippen LogP contribution < -0.4 is 20.2 Å². The van der Waals surface area contributed by atoms with Crippen LogP contribution in [0.15, 0.2) is 75.9 Å². The Bertz CT molecular complexity index is 1410. The van der Waals surface area contributed by atoms with Crippen LogP contribution in [-0.4, -0.2) is 19.1 Å². The predicted octanol–water partition coefficient (Wildman–Crippen LogP) is 5.03. The normalized spacial score (nSPS) is 13.5. The predicted molar refractivity (Wildman–Crippen MR) is 126 cm³/mol. The third kappa shape index (κ3) is 3.84. The molecule has 1 N–H and O–H groups in total. The minimum absolute atomic E-state index is 0.148. The quantitative estimate of drug-likeness (QED) is 0.481. The van der Waals surface area contributed by atoms with E-state index in [2.05, 4.69) is 5.32 Å². The average Bonchev–Trinajstić information content (AvgIpc) is 2.86. The zero-order chi connectivity index (χ0) is 22.9. The van der Waals surface area contributed by atoms with Gasteiger partial charge in [0.2, 0.25) is 0 Å². The van der Waals surface area contributed by atoms with Crippen molar-refractivity contribution in [3.05, 3.63) is 93.6 Å². The summed E-state index contributed by atoms with van der Waals surface area (Å²) in [7, 11) is 0. The number of hydrogen-bond acceptors (Lipinski definition) is 5. The van der Waals surface area contributed by atoms with Crippen LogP contribution in [0.25, 0.3) is 22.3 Å². The molecule has 0 fully saturated rings. The highest BCUT2D eigenvalue weighted by molar-refractivity contribution is 6.05. The Hall–Kier alpha value is -4.06. The van der Waals surface area contributed by atoms with Crippen molar-refractivity contribution in [3.8, 4) is 22.8 Å². The van der Waals surface area contributed by atoms with Crippen LogP contribution in [-0.2, 0) is 0 Å². The van der Waals surface area contributed by atoms with E-state index in [0.29, 0.717) is 47.0 Å². The molecule has 0 unspecified atom stereocenters. The molecular formula is C27H23NO5. The minimum atomic E-state index is -0.325. The fraction of sp³-hybridized carbons (Fsp3) is 0.185. The second-order valence-corrected chi connectivity index (χ2v) is 8.03. The molecule has 0 radical (unpaired) electrons. The van der Waals surface area contributed by atoms with Crippen LogP contribution in [0.2, 0.25) is 0 Å². The molecule has 1 aliphatic heterocycles. The number of ether oxygens (including phenoxy) is 2. The maximum Gasteiger partial charge on any atom is 0.255 e. The molecule has 33 heavy (non-hydrogen) atoms. The third-order valence-electron chi connectivity index (χ3n) is 5.84. The summed E-state index contributed by atoms with van der Waals surface area (Å²) in [6, 6.07) is 19.8. The first-order valence-electron chi connectivity index (χ1n) is 10.8. The van der Waals surface area contributed by atoms with Gasteiger partial charge in [0.1, 0.15) is 19.0 Å². The molecule has 0 saturated heterocycles. The molecule has 1 amide bonds. The van der Waals surface area contributed by atoms with E-state index in [9.17, 15) is 9.59 Å². The number of rotatable bonds is 4. The second-order valence-electron chi connectivity index (χ2n) is 8.03. The number of para-hydroxylation sites is 1. The number of carbonyl (C=O) groups excluding carboxylic acids is 1. The maximum atomic E-state index is 13.2. The fourth-order valence-corrected chi connectivity index (χ4v) is 4.04. The lowest BCUT2D eigenvalue weighted by molar-refractivity contribution is 0.0940. The Balaban J connectivity index is 1.51. The second kappa shape index (κ2) is 8.47. The molecule has 0 aliphatic carbocycles. The van der Waals surface area contributed by atoms with Gasteiger partial charge in [-0.15, -0.1) is 0 Å². The minimum Gasteiger partial charge on any atom is -0.486 e. The van der Waals surface area contributed by atoms with E-state index in [1.165, 1.54) is 0 Å². The van der Waals surface area contributed by atoms with Crippen molar-refractivity contribution in [1.29, 1.82) is 0 Å². The van der Waals surface area contributed by atoms with Crippen molar-refractivity contribution < 1.29 is 18.7 Å². The van der Waals surface area contributed by atoms with Crippen LogP contribution in [0, 0.1) is 6.92 Å². The van der Waals surface area contributed by atoms with Crippen LogP contribution in [0.4, 0.5) is 0 Å². The molecule has 3 aromatic carbocycles. The lowest BCUT2D eigenvalue weighted by Crippen LogP contribution is -2.27. The molecule has 166 valence electrons. The zero-order valence-corrected chi connectivity index (χ0v) is 18.4. The first-order chi connectivity index (χ1) is 16.0. The van der Waals surface area contributed by atoms with E-state index in [1.54, 1.807) is 25.1 Å². The standard InChI is InChI=1S/C27H23NO5/c1-16-24(29)20-9-6-10-21(26(20)33-25(16)18-7-4-3-5-8-18)27(30)28-17(2)19-11-12-22-23(15-19)32-14-13-31-22/h3-12,15,17H,13-14H2,1-2H3,(H,28,30)/t17-/m1/s1. The summed E-state index contributed by atoms with van der Waals surface area (Å²) in [5, 5.41) is 3.39. The van der Waals surface area contributed by atoms with Gasteiger partial charge in [0.05, 0.1) is 17.0 Å². The molecule has 6 heteroatoms. The first kappa shape index (κ1) is 20.8. The Labute approximate surface area is 190 Å². The van der Waals surface area contributed by atoms with E-state index in [0.717, 1.165) is 11.1 Å². The average molecular weight is 441 g/mol. The van der Waals surface area contributed by atoms with Crippen molar-refractivity contribution in [2.75, 3.05) is 13.2 Å². The van der Waals surface area contributed by atoms with E-state index < -0.39 is 0 Å². The SMILES string of the molecule is Cc1c(-c2ccccc2)oc2c(C(=O)N[C@H](C)c3ccc4c(c3)OCCO4)cccc2c1=O. The highest BCUT2D eigenvalue weighted by Gasteiger charge is 2.21. The van der Waals surface area contributed by atoms with Gasteiger partial charge in [-0.25, -0.2) is 0 Å². The molecule has 0 bridgehead atoms. The summed E-state index contributed by atoms with van der Waals surface area (Å²) < 4.78 is 17.4. The maximum absolute atomic E-state index is 13.2. The summed E-state index contributed by atoms with van der Waals surface area (Å²) in [4.78, 5) is 26.3. The molecule has 1 aromatic heterocycles. The Morgan fingerprint density at radius 3 is 2.48 bits per heavy atom. The monoisotopic (exact) mass is 441 g/mol. The topological polar surface area (TPSA) is 77.8 Å². The van der Waals surface area contributed by atoms with Crippen LogP contribution in [0.5, 0.6) is 11.5 Å². The molecule has 2 heterocycles. The third-order valence-corrected chi connectivity index (χ3v) is 5.84. The largest absolute Gasteiger partial charge is 0.486 e. The molecule has 0 spiro atoms. The van der Waals surface area contributed by atoms with Gasteiger partial charge in [0.25, 0.3) is 5.91 Å². The van der Waals surface area contributed by atoms with Crippen LogP contribution in [0.1, 0.15) is 34.5 Å². The molecule has 6 nitrogen and oxygen atoms in total. The number of amides is 1. The van der Waals surface area contributed by atoms with Gasteiger partial charge in [-0.1, -0.05) is 42.5 Å². The van der Waals surface area contributed by atoms with Crippen molar-refractivity contribution in [2.45, 2.75) is 19.9 Å². The van der Waals surface area contributed by atoms with Crippen molar-refractivity contribution >= 4 is 16.9 Å². The number of nitrogens with one attached hydrogen (secondary N) is 1. The summed E-state index contributed by atoms with van der Waals surface area (Å²) in [5.74, 6) is 1.50. The lowest BCUT2D eigenvalue weighted by atomic mass is 10.0. The highest BCUT2D eigenvalue weighted by Crippen LogP contribution is 2.33. The Kier molecular flexibility index (Phi) is 5.34. The van der Waals surface area contributed by atoms with Crippen LogP contribution in [0.3, 0.4) is 0 Å². The van der Waals surface area contributed by atoms with Gasteiger partial charge >= 0.3 is 0 Å². The van der Waals surface area contributed by atoms with Gasteiger partial charge in [0.15, 0.2) is 22.5 Å². The molecule has 1 aliphatic rings. The zero-order valence-electron chi connectivity index (χ0n) is 18.4. The number of fused-ring (bicyclic) bond motifs is 2. The smallest absolute Gasteiger partial charge is 0.255 e. The van der Waals surface area contributed by atoms with Crippen molar-refractivity contribution in [3.63, 3.8) is 0 Å². The highest BCUT2D eigenvalue weighted by atomic mass is 16.6. The summed E-state index contributed by atoms with van der Waals surface area (Å²) >= 11 is 0. The number of hydrogen-bond donors (Lipinski definition) is 1. The van der Waals surface area contributed by atoms with Crippen LogP contribution >= 0.6 is 0 Å². The van der Waals surface area contributed by atoms with E-state index in [1.807, 2.05) is 55.5 Å². The van der Waals surface area contributed by atoms with Crippen molar-refractivity contribution in [2.24, 2.45) is 0 Å². The molecule has 4 aromatic rings. The Morgan fingerprint density at radius 1 is 0.939 bits per heavy atom. The molecular weight excluding hydrogens is 418 g/mol. The first-order valence-corrected chi connectivity index (χ1v) is 10.8. The van der Waals surface area contributed by atoms with Crippen molar-refractivity contribution in [1.82, 2.24) is 5.32 Å². The van der Waals surface area contributed by atoms with Gasteiger partial charge in [-0.05, 0) is 43.7 Å². The Morgan fingerprint density at radius 2 is 1.70 bits per heavy atom. The van der Waals surface area contributed by atoms with Gasteiger partial charge in [0, 0.05) is 11.1 Å². The summed E-state index contributed by atoms with van der Waals surface area (Å²) in [6.45, 7) is 4.65. The van der Waals surface area contributed by atoms with Gasteiger partial charge in [-0.2, -0.15) is 0 Å². The molecule has 5 rings (SSSR count).